The molecule has 1 aromatic rings. The topological polar surface area (TPSA) is 61.4 Å². The van der Waals surface area contributed by atoms with Crippen molar-refractivity contribution in [1.29, 1.82) is 0 Å². The molecule has 0 saturated carbocycles. The van der Waals surface area contributed by atoms with Gasteiger partial charge in [0.2, 0.25) is 0 Å². The summed E-state index contributed by atoms with van der Waals surface area (Å²) in [5.41, 5.74) is 1.25. The van der Waals surface area contributed by atoms with E-state index in [2.05, 4.69) is 46.5 Å². The lowest BCUT2D eigenvalue weighted by atomic mass is 10.1. The third-order valence-corrected chi connectivity index (χ3v) is 5.30. The molecule has 1 aromatic carbocycles. The van der Waals surface area contributed by atoms with Gasteiger partial charge in [-0.2, -0.15) is 0 Å². The highest BCUT2D eigenvalue weighted by molar-refractivity contribution is 5.79. The summed E-state index contributed by atoms with van der Waals surface area (Å²) >= 11 is 0. The van der Waals surface area contributed by atoms with Gasteiger partial charge in [-0.1, -0.05) is 6.07 Å². The molecule has 30 heavy (non-hydrogen) atoms. The number of benzene rings is 1. The van der Waals surface area contributed by atoms with E-state index in [-0.39, 0.29) is 0 Å². The van der Waals surface area contributed by atoms with Crippen LogP contribution < -0.4 is 20.1 Å². The number of ether oxygens (including phenoxy) is 2. The molecule has 7 heteroatoms. The van der Waals surface area contributed by atoms with Gasteiger partial charge in [0.05, 0.1) is 13.7 Å². The Bertz CT molecular complexity index is 638. The third-order valence-electron chi connectivity index (χ3n) is 5.30. The Hall–Kier alpha value is -1.99. The molecule has 1 fully saturated rings. The number of methoxy groups -OCH3 is 1. The van der Waals surface area contributed by atoms with Crippen molar-refractivity contribution in [2.45, 2.75) is 33.1 Å². The number of aryl methyl sites for hydroxylation is 1. The molecule has 1 aliphatic heterocycles. The molecular formula is C23H41N5O2. The van der Waals surface area contributed by atoms with E-state index < -0.39 is 0 Å². The zero-order chi connectivity index (χ0) is 21.6. The number of guanidine groups is 1. The molecular weight excluding hydrogens is 378 g/mol. The number of likely N-dealkylation sites (N-methyl/N-ethyl adjacent to an activating group) is 1. The minimum atomic E-state index is 0.635. The van der Waals surface area contributed by atoms with Crippen LogP contribution >= 0.6 is 0 Å². The van der Waals surface area contributed by atoms with Crippen molar-refractivity contribution in [3.05, 3.63) is 23.8 Å². The number of rotatable bonds is 11. The normalized spacial score (nSPS) is 16.2. The second-order valence-electron chi connectivity index (χ2n) is 7.71. The molecule has 0 amide bonds. The van der Waals surface area contributed by atoms with Gasteiger partial charge in [0.25, 0.3) is 0 Å². The monoisotopic (exact) mass is 419 g/mol. The molecule has 1 saturated heterocycles. The van der Waals surface area contributed by atoms with E-state index >= 15 is 0 Å². The lowest BCUT2D eigenvalue weighted by molar-refractivity contribution is 0.280. The summed E-state index contributed by atoms with van der Waals surface area (Å²) in [4.78, 5) is 9.70. The maximum Gasteiger partial charge on any atom is 0.191 e. The molecule has 0 aliphatic carbocycles. The lowest BCUT2D eigenvalue weighted by Crippen LogP contribution is -2.42. The smallest absolute Gasteiger partial charge is 0.191 e. The predicted molar refractivity (Wildman–Crippen MR) is 125 cm³/mol. The first-order valence-electron chi connectivity index (χ1n) is 11.4. The summed E-state index contributed by atoms with van der Waals surface area (Å²) in [7, 11) is 3.88. The van der Waals surface area contributed by atoms with Crippen LogP contribution in [0.5, 0.6) is 11.5 Å². The first-order chi connectivity index (χ1) is 14.7. The van der Waals surface area contributed by atoms with Crippen LogP contribution in [0.25, 0.3) is 0 Å². The molecule has 1 aliphatic rings. The van der Waals surface area contributed by atoms with Crippen molar-refractivity contribution in [1.82, 2.24) is 20.4 Å². The fraction of sp³-hybridized carbons (Fsp3) is 0.696. The number of nitrogens with one attached hydrogen (secondary N) is 2. The minimum absolute atomic E-state index is 0.635. The van der Waals surface area contributed by atoms with Gasteiger partial charge in [0.15, 0.2) is 17.5 Å². The molecule has 2 N–H and O–H groups in total. The fourth-order valence-electron chi connectivity index (χ4n) is 3.62. The quantitative estimate of drug-likeness (QED) is 0.326. The van der Waals surface area contributed by atoms with Gasteiger partial charge in [-0.25, -0.2) is 0 Å². The Morgan fingerprint density at radius 1 is 1.10 bits per heavy atom. The average molecular weight is 420 g/mol. The fourth-order valence-corrected chi connectivity index (χ4v) is 3.62. The van der Waals surface area contributed by atoms with Gasteiger partial charge >= 0.3 is 0 Å². The molecule has 0 bridgehead atoms. The molecule has 0 atom stereocenters. The number of aliphatic imine (C=N–C) groups is 1. The van der Waals surface area contributed by atoms with Gasteiger partial charge in [-0.05, 0) is 70.9 Å². The van der Waals surface area contributed by atoms with Gasteiger partial charge in [0.1, 0.15) is 0 Å². The van der Waals surface area contributed by atoms with E-state index in [1.807, 2.05) is 13.0 Å². The van der Waals surface area contributed by atoms with Crippen LogP contribution in [0.15, 0.2) is 23.2 Å². The largest absolute Gasteiger partial charge is 0.493 e. The van der Waals surface area contributed by atoms with Crippen LogP contribution in [-0.4, -0.2) is 88.9 Å². The minimum Gasteiger partial charge on any atom is -0.493 e. The standard InChI is InChI=1S/C23H41N5O2/c1-5-24-23(26-13-16-28-15-8-14-27(3)17-18-28)25-12-7-9-20-10-11-21(29-4)22(19-20)30-6-2/h10-11,19H,5-9,12-18H2,1-4H3,(H2,24,25,26). The molecule has 170 valence electrons. The van der Waals surface area contributed by atoms with Gasteiger partial charge in [-0.15, -0.1) is 0 Å². The maximum absolute atomic E-state index is 5.67. The van der Waals surface area contributed by atoms with Gasteiger partial charge in [0, 0.05) is 39.3 Å². The molecule has 7 nitrogen and oxygen atoms in total. The third kappa shape index (κ3) is 8.79. The Morgan fingerprint density at radius 2 is 1.97 bits per heavy atom. The van der Waals surface area contributed by atoms with Crippen LogP contribution in [0.2, 0.25) is 0 Å². The highest BCUT2D eigenvalue weighted by Gasteiger charge is 2.11. The van der Waals surface area contributed by atoms with E-state index in [4.69, 9.17) is 14.5 Å². The average Bonchev–Trinajstić information content (AvgIpc) is 2.95. The summed E-state index contributed by atoms with van der Waals surface area (Å²) in [5.74, 6) is 2.51. The Kier molecular flexibility index (Phi) is 11.4. The van der Waals surface area contributed by atoms with Crippen LogP contribution in [0.4, 0.5) is 0 Å². The Labute approximate surface area is 182 Å². The second-order valence-corrected chi connectivity index (χ2v) is 7.71. The van der Waals surface area contributed by atoms with E-state index in [1.54, 1.807) is 7.11 Å². The lowest BCUT2D eigenvalue weighted by Gasteiger charge is -2.21. The van der Waals surface area contributed by atoms with Gasteiger partial charge in [-0.3, -0.25) is 4.99 Å². The van der Waals surface area contributed by atoms with E-state index in [9.17, 15) is 0 Å². The van der Waals surface area contributed by atoms with Crippen molar-refractivity contribution in [3.63, 3.8) is 0 Å². The van der Waals surface area contributed by atoms with Gasteiger partial charge < -0.3 is 29.9 Å². The van der Waals surface area contributed by atoms with E-state index in [1.165, 1.54) is 25.1 Å². The molecule has 0 radical (unpaired) electrons. The summed E-state index contributed by atoms with van der Waals surface area (Å²) in [6.07, 6.45) is 3.21. The van der Waals surface area contributed by atoms with Crippen molar-refractivity contribution in [2.24, 2.45) is 4.99 Å². The molecule has 0 spiro atoms. The predicted octanol–water partition coefficient (Wildman–Crippen LogP) is 2.22. The SMILES string of the molecule is CCNC(=NCCCc1ccc(OC)c(OCC)c1)NCCN1CCCN(C)CC1. The zero-order valence-electron chi connectivity index (χ0n) is 19.4. The number of hydrogen-bond donors (Lipinski definition) is 2. The van der Waals surface area contributed by atoms with Crippen molar-refractivity contribution < 1.29 is 9.47 Å². The summed E-state index contributed by atoms with van der Waals surface area (Å²) in [6.45, 7) is 13.1. The van der Waals surface area contributed by atoms with Crippen LogP contribution in [0.3, 0.4) is 0 Å². The van der Waals surface area contributed by atoms with Crippen LogP contribution in [0.1, 0.15) is 32.3 Å². The molecule has 0 aromatic heterocycles. The molecule has 1 heterocycles. The molecule has 0 unspecified atom stereocenters. The Morgan fingerprint density at radius 3 is 2.73 bits per heavy atom. The van der Waals surface area contributed by atoms with E-state index in [0.29, 0.717) is 6.61 Å². The summed E-state index contributed by atoms with van der Waals surface area (Å²) in [6, 6.07) is 6.16. The number of nitrogens with zero attached hydrogens (tertiary/aromatic N) is 3. The first kappa shape index (κ1) is 24.3. The Balaban J connectivity index is 1.75. The van der Waals surface area contributed by atoms with Crippen molar-refractivity contribution in [3.8, 4) is 11.5 Å². The van der Waals surface area contributed by atoms with Crippen molar-refractivity contribution >= 4 is 5.96 Å². The maximum atomic E-state index is 5.67. The van der Waals surface area contributed by atoms with Crippen molar-refractivity contribution in [2.75, 3.05) is 73.1 Å². The van der Waals surface area contributed by atoms with E-state index in [0.717, 1.165) is 69.6 Å². The highest BCUT2D eigenvalue weighted by atomic mass is 16.5. The summed E-state index contributed by atoms with van der Waals surface area (Å²) < 4.78 is 11.0. The van der Waals surface area contributed by atoms with Crippen LogP contribution in [-0.2, 0) is 6.42 Å². The zero-order valence-corrected chi connectivity index (χ0v) is 19.4. The second kappa shape index (κ2) is 14.1. The van der Waals surface area contributed by atoms with Crippen LogP contribution in [0, 0.1) is 0 Å². The first-order valence-corrected chi connectivity index (χ1v) is 11.4. The number of hydrogen-bond acceptors (Lipinski definition) is 5. The molecule has 2 rings (SSSR count). The highest BCUT2D eigenvalue weighted by Crippen LogP contribution is 2.28. The summed E-state index contributed by atoms with van der Waals surface area (Å²) in [5, 5.41) is 6.84.